The quantitative estimate of drug-likeness (QED) is 0.854. The Morgan fingerprint density at radius 1 is 1.53 bits per heavy atom. The molecule has 5 nitrogen and oxygen atoms in total. The fourth-order valence-corrected chi connectivity index (χ4v) is 2.65. The van der Waals surface area contributed by atoms with Crippen molar-refractivity contribution in [2.45, 2.75) is 18.9 Å². The minimum atomic E-state index is 0.485. The van der Waals surface area contributed by atoms with Gasteiger partial charge in [0.05, 0.1) is 0 Å². The summed E-state index contributed by atoms with van der Waals surface area (Å²) in [5.74, 6) is 1.25. The van der Waals surface area contributed by atoms with E-state index >= 15 is 0 Å². The van der Waals surface area contributed by atoms with E-state index in [1.54, 1.807) is 6.07 Å². The molecule has 0 saturated carbocycles. The Morgan fingerprint density at radius 2 is 2.29 bits per heavy atom. The zero-order valence-corrected chi connectivity index (χ0v) is 11.8. The average molecular weight is 300 g/mol. The van der Waals surface area contributed by atoms with Crippen LogP contribution in [0.5, 0.6) is 0 Å². The molecule has 1 aliphatic rings. The predicted molar refractivity (Wildman–Crippen MR) is 73.1 cm³/mol. The van der Waals surface area contributed by atoms with Crippen molar-refractivity contribution < 1.29 is 0 Å². The molecule has 1 saturated heterocycles. The van der Waals surface area contributed by atoms with Gasteiger partial charge in [0.2, 0.25) is 5.95 Å². The van der Waals surface area contributed by atoms with Gasteiger partial charge in [-0.15, -0.1) is 0 Å². The van der Waals surface area contributed by atoms with Crippen LogP contribution in [-0.2, 0) is 0 Å². The monoisotopic (exact) mass is 299 g/mol. The molecule has 0 amide bonds. The van der Waals surface area contributed by atoms with Crippen LogP contribution >= 0.6 is 15.9 Å². The normalized spacial score (nSPS) is 20.2. The number of nitrogen functional groups attached to an aromatic ring is 1. The highest BCUT2D eigenvalue weighted by Crippen LogP contribution is 2.24. The highest BCUT2D eigenvalue weighted by molar-refractivity contribution is 9.10. The lowest BCUT2D eigenvalue weighted by atomic mass is 10.2. The molecule has 1 aliphatic heterocycles. The topological polar surface area (TPSA) is 58.3 Å². The van der Waals surface area contributed by atoms with Gasteiger partial charge in [0, 0.05) is 25.2 Å². The Balaban J connectivity index is 2.19. The minimum Gasteiger partial charge on any atom is -0.383 e. The minimum absolute atomic E-state index is 0.485. The Morgan fingerprint density at radius 3 is 2.94 bits per heavy atom. The molecule has 94 valence electrons. The van der Waals surface area contributed by atoms with Gasteiger partial charge in [-0.3, -0.25) is 0 Å². The zero-order chi connectivity index (χ0) is 12.4. The molecule has 1 atom stereocenters. The van der Waals surface area contributed by atoms with Gasteiger partial charge in [-0.05, 0) is 42.9 Å². The number of aromatic nitrogens is 2. The van der Waals surface area contributed by atoms with Gasteiger partial charge in [-0.25, -0.2) is 4.98 Å². The van der Waals surface area contributed by atoms with Crippen molar-refractivity contribution in [3.63, 3.8) is 0 Å². The van der Waals surface area contributed by atoms with E-state index < -0.39 is 0 Å². The van der Waals surface area contributed by atoms with E-state index in [4.69, 9.17) is 5.73 Å². The summed E-state index contributed by atoms with van der Waals surface area (Å²) in [6.45, 7) is 2.03. The number of likely N-dealkylation sites (N-methyl/N-ethyl adjacent to an activating group) is 1. The van der Waals surface area contributed by atoms with Crippen molar-refractivity contribution in [1.82, 2.24) is 14.9 Å². The van der Waals surface area contributed by atoms with Crippen LogP contribution in [0.25, 0.3) is 0 Å². The molecular weight excluding hydrogens is 282 g/mol. The lowest BCUT2D eigenvalue weighted by Gasteiger charge is -2.27. The summed E-state index contributed by atoms with van der Waals surface area (Å²) < 4.78 is 0.746. The van der Waals surface area contributed by atoms with Gasteiger partial charge in [-0.1, -0.05) is 0 Å². The van der Waals surface area contributed by atoms with E-state index in [0.717, 1.165) is 23.6 Å². The Kier molecular flexibility index (Phi) is 3.83. The Hall–Kier alpha value is -0.880. The van der Waals surface area contributed by atoms with Crippen LogP contribution in [0.1, 0.15) is 12.8 Å². The van der Waals surface area contributed by atoms with Gasteiger partial charge in [0.1, 0.15) is 10.4 Å². The first-order valence-electron chi connectivity index (χ1n) is 5.77. The Bertz CT molecular complexity index is 375. The summed E-state index contributed by atoms with van der Waals surface area (Å²) in [7, 11) is 4.18. The van der Waals surface area contributed by atoms with Crippen molar-refractivity contribution in [1.29, 1.82) is 0 Å². The maximum absolute atomic E-state index is 5.76. The fraction of sp³-hybridized carbons (Fsp3) is 0.636. The van der Waals surface area contributed by atoms with Crippen molar-refractivity contribution in [3.8, 4) is 0 Å². The van der Waals surface area contributed by atoms with Gasteiger partial charge in [0.15, 0.2) is 0 Å². The van der Waals surface area contributed by atoms with E-state index in [1.807, 2.05) is 0 Å². The molecule has 2 rings (SSSR count). The van der Waals surface area contributed by atoms with Crippen molar-refractivity contribution in [3.05, 3.63) is 10.7 Å². The average Bonchev–Trinajstić information content (AvgIpc) is 2.63. The first-order chi connectivity index (χ1) is 8.06. The van der Waals surface area contributed by atoms with Gasteiger partial charge in [0.25, 0.3) is 0 Å². The number of hydrogen-bond acceptors (Lipinski definition) is 5. The number of nitrogens with zero attached hydrogens (tertiary/aromatic N) is 4. The van der Waals surface area contributed by atoms with E-state index in [2.05, 4.69) is 49.8 Å². The summed E-state index contributed by atoms with van der Waals surface area (Å²) in [4.78, 5) is 13.2. The van der Waals surface area contributed by atoms with Gasteiger partial charge in [-0.2, -0.15) is 4.98 Å². The second-order valence-corrected chi connectivity index (χ2v) is 5.48. The SMILES string of the molecule is CN(C)CC1CCCN1c1nc(N)cc(Br)n1. The predicted octanol–water partition coefficient (Wildman–Crippen LogP) is 1.35. The first kappa shape index (κ1) is 12.6. The van der Waals surface area contributed by atoms with E-state index in [1.165, 1.54) is 12.8 Å². The highest BCUT2D eigenvalue weighted by atomic mass is 79.9. The van der Waals surface area contributed by atoms with Crippen LogP contribution in [-0.4, -0.2) is 48.1 Å². The maximum Gasteiger partial charge on any atom is 0.228 e. The van der Waals surface area contributed by atoms with E-state index in [9.17, 15) is 0 Å². The first-order valence-corrected chi connectivity index (χ1v) is 6.57. The van der Waals surface area contributed by atoms with Crippen LogP contribution in [0.3, 0.4) is 0 Å². The number of hydrogen-bond donors (Lipinski definition) is 1. The standard InChI is InChI=1S/C11H18BrN5/c1-16(2)7-8-4-3-5-17(8)11-14-9(12)6-10(13)15-11/h6,8H,3-5,7H2,1-2H3,(H2,13,14,15). The second kappa shape index (κ2) is 5.18. The maximum atomic E-state index is 5.76. The molecule has 0 aliphatic carbocycles. The third kappa shape index (κ3) is 3.07. The summed E-state index contributed by atoms with van der Waals surface area (Å²) in [6, 6.07) is 2.21. The molecule has 1 fully saturated rings. The number of nitrogens with two attached hydrogens (primary N) is 1. The highest BCUT2D eigenvalue weighted by Gasteiger charge is 2.27. The third-order valence-electron chi connectivity index (χ3n) is 2.91. The smallest absolute Gasteiger partial charge is 0.228 e. The number of anilines is 2. The van der Waals surface area contributed by atoms with Crippen molar-refractivity contribution in [2.24, 2.45) is 0 Å². The van der Waals surface area contributed by atoms with E-state index in [0.29, 0.717) is 11.9 Å². The third-order valence-corrected chi connectivity index (χ3v) is 3.32. The molecule has 6 heteroatoms. The summed E-state index contributed by atoms with van der Waals surface area (Å²) >= 11 is 3.36. The van der Waals surface area contributed by atoms with Gasteiger partial charge < -0.3 is 15.5 Å². The number of halogens is 1. The summed E-state index contributed by atoms with van der Waals surface area (Å²) in [6.07, 6.45) is 2.38. The van der Waals surface area contributed by atoms with Crippen molar-refractivity contribution in [2.75, 3.05) is 37.8 Å². The summed E-state index contributed by atoms with van der Waals surface area (Å²) in [5.41, 5.74) is 5.76. The van der Waals surface area contributed by atoms with Crippen LogP contribution in [0.2, 0.25) is 0 Å². The second-order valence-electron chi connectivity index (χ2n) is 4.67. The molecule has 0 aromatic carbocycles. The lowest BCUT2D eigenvalue weighted by molar-refractivity contribution is 0.371. The fourth-order valence-electron chi connectivity index (χ4n) is 2.26. The molecule has 2 heterocycles. The van der Waals surface area contributed by atoms with Gasteiger partial charge >= 0.3 is 0 Å². The number of rotatable bonds is 3. The molecule has 17 heavy (non-hydrogen) atoms. The molecule has 1 aromatic rings. The van der Waals surface area contributed by atoms with Crippen LogP contribution in [0.15, 0.2) is 10.7 Å². The van der Waals surface area contributed by atoms with Crippen LogP contribution in [0, 0.1) is 0 Å². The Labute approximate surface area is 110 Å². The zero-order valence-electron chi connectivity index (χ0n) is 10.2. The van der Waals surface area contributed by atoms with Crippen molar-refractivity contribution >= 4 is 27.7 Å². The molecule has 0 spiro atoms. The van der Waals surface area contributed by atoms with Crippen LogP contribution < -0.4 is 10.6 Å². The van der Waals surface area contributed by atoms with E-state index in [-0.39, 0.29) is 0 Å². The molecule has 0 bridgehead atoms. The molecule has 2 N–H and O–H groups in total. The van der Waals surface area contributed by atoms with Crippen LogP contribution in [0.4, 0.5) is 11.8 Å². The molecular formula is C11H18BrN5. The molecule has 1 aromatic heterocycles. The molecule has 1 unspecified atom stereocenters. The molecule has 0 radical (unpaired) electrons. The summed E-state index contributed by atoms with van der Waals surface area (Å²) in [5, 5.41) is 0. The lowest BCUT2D eigenvalue weighted by Crippen LogP contribution is -2.38. The largest absolute Gasteiger partial charge is 0.383 e.